The summed E-state index contributed by atoms with van der Waals surface area (Å²) in [5.74, 6) is -0.252. The molecule has 0 atom stereocenters. The van der Waals surface area contributed by atoms with Crippen molar-refractivity contribution < 1.29 is 4.39 Å². The number of aromatic nitrogens is 1. The van der Waals surface area contributed by atoms with Crippen molar-refractivity contribution in [1.29, 1.82) is 0 Å². The van der Waals surface area contributed by atoms with E-state index in [0.717, 1.165) is 55.8 Å². The molecule has 51 heavy (non-hydrogen) atoms. The molecule has 0 fully saturated rings. The summed E-state index contributed by atoms with van der Waals surface area (Å²) < 4.78 is 16.4. The lowest BCUT2D eigenvalue weighted by molar-refractivity contribution is 0.627. The number of fused-ring (bicyclic) bond motifs is 1. The smallest absolute Gasteiger partial charge is 0.123 e. The van der Waals surface area contributed by atoms with Gasteiger partial charge < -0.3 is 9.47 Å². The lowest BCUT2D eigenvalue weighted by Gasteiger charge is -2.28. The van der Waals surface area contributed by atoms with Crippen LogP contribution in [0.5, 0.6) is 0 Å². The van der Waals surface area contributed by atoms with Gasteiger partial charge in [0.1, 0.15) is 5.82 Å². The molecule has 2 nitrogen and oxygen atoms in total. The monoisotopic (exact) mass is 660 g/mol. The summed E-state index contributed by atoms with van der Waals surface area (Å²) in [5, 5.41) is 1.13. The van der Waals surface area contributed by atoms with Crippen molar-refractivity contribution in [2.75, 3.05) is 4.90 Å². The molecule has 0 radical (unpaired) electrons. The Labute approximate surface area is 299 Å². The van der Waals surface area contributed by atoms with Gasteiger partial charge in [-0.25, -0.2) is 4.39 Å². The molecule has 1 aromatic heterocycles. The molecule has 0 bridgehead atoms. The van der Waals surface area contributed by atoms with Gasteiger partial charge in [-0.2, -0.15) is 0 Å². The van der Waals surface area contributed by atoms with E-state index in [2.05, 4.69) is 175 Å². The van der Waals surface area contributed by atoms with Gasteiger partial charge in [0.25, 0.3) is 0 Å². The summed E-state index contributed by atoms with van der Waals surface area (Å²) in [6.45, 7) is 4.32. The molecule has 0 aliphatic heterocycles. The third kappa shape index (κ3) is 6.26. The maximum absolute atomic E-state index is 14.1. The summed E-state index contributed by atoms with van der Waals surface area (Å²) >= 11 is 0. The van der Waals surface area contributed by atoms with Gasteiger partial charge >= 0.3 is 0 Å². The molecule has 3 heteroatoms. The minimum absolute atomic E-state index is 0.252. The number of hydrogen-bond donors (Lipinski definition) is 0. The number of rotatable bonds is 8. The number of para-hydroxylation sites is 2. The number of hydrogen-bond acceptors (Lipinski definition) is 1. The molecule has 0 aliphatic rings. The van der Waals surface area contributed by atoms with E-state index in [1.165, 1.54) is 34.6 Å². The van der Waals surface area contributed by atoms with Crippen LogP contribution in [0.25, 0.3) is 51.1 Å². The Morgan fingerprint density at radius 3 is 1.65 bits per heavy atom. The van der Waals surface area contributed by atoms with Crippen LogP contribution in [0, 0.1) is 19.7 Å². The lowest BCUT2D eigenvalue weighted by atomic mass is 9.97. The highest BCUT2D eigenvalue weighted by molar-refractivity contribution is 6.06. The van der Waals surface area contributed by atoms with E-state index in [4.69, 9.17) is 0 Å². The summed E-state index contributed by atoms with van der Waals surface area (Å²) in [6.07, 6.45) is 4.36. The number of aryl methyl sites for hydroxylation is 2. The van der Waals surface area contributed by atoms with E-state index in [-0.39, 0.29) is 5.82 Å². The maximum atomic E-state index is 14.1. The van der Waals surface area contributed by atoms with Gasteiger partial charge in [-0.05, 0) is 108 Å². The third-order valence-electron chi connectivity index (χ3n) is 9.52. The Morgan fingerprint density at radius 1 is 0.510 bits per heavy atom. The van der Waals surface area contributed by atoms with Crippen molar-refractivity contribution in [3.8, 4) is 28.1 Å². The molecule has 1 heterocycles. The zero-order valence-corrected chi connectivity index (χ0v) is 28.7. The van der Waals surface area contributed by atoms with Crippen LogP contribution < -0.4 is 4.90 Å². The third-order valence-corrected chi connectivity index (χ3v) is 9.52. The number of nitrogens with zero attached hydrogens (tertiary/aromatic N) is 2. The SMILES string of the molecule is Cc1ccccc1N(c1ccc(C=Cc2ccc3c(c2)c(-c2ccccc2)c(-c2ccccc2)n3-c2ccc(F)cc2)cc1)c1ccccc1C. The molecule has 0 amide bonds. The Kier molecular flexibility index (Phi) is 8.61. The quantitative estimate of drug-likeness (QED) is 0.147. The van der Waals surface area contributed by atoms with Crippen molar-refractivity contribution >= 4 is 40.1 Å². The zero-order chi connectivity index (χ0) is 34.7. The fraction of sp³-hybridized carbons (Fsp3) is 0.0417. The summed E-state index contributed by atoms with van der Waals surface area (Å²) in [5.41, 5.74) is 14.5. The molecule has 8 rings (SSSR count). The summed E-state index contributed by atoms with van der Waals surface area (Å²) in [6, 6.07) is 60.2. The molecule has 246 valence electrons. The summed E-state index contributed by atoms with van der Waals surface area (Å²) in [4.78, 5) is 2.34. The average molecular weight is 661 g/mol. The molecular weight excluding hydrogens is 624 g/mol. The first-order chi connectivity index (χ1) is 25.0. The van der Waals surface area contributed by atoms with Gasteiger partial charge in [0.05, 0.1) is 11.2 Å². The van der Waals surface area contributed by atoms with Crippen LogP contribution in [-0.4, -0.2) is 4.57 Å². The zero-order valence-electron chi connectivity index (χ0n) is 28.7. The number of benzene rings is 7. The van der Waals surface area contributed by atoms with Gasteiger partial charge in [0.15, 0.2) is 0 Å². The standard InChI is InChI=1S/C48H37FN2/c1-34-13-9-11-19-44(34)50(45-20-12-10-14-35(45)2)41-28-23-36(24-29-41)21-22-37-25-32-46-43(33-37)47(38-15-5-3-6-16-38)48(39-17-7-4-8-18-39)51(46)42-30-26-40(49)27-31-42/h3-33H,1-2H3. The Bertz CT molecular complexity index is 2430. The van der Waals surface area contributed by atoms with Crippen LogP contribution in [0.4, 0.5) is 21.5 Å². The predicted octanol–water partition coefficient (Wildman–Crippen LogP) is 13.4. The van der Waals surface area contributed by atoms with Crippen LogP contribution >= 0.6 is 0 Å². The molecule has 0 unspecified atom stereocenters. The molecule has 0 aliphatic carbocycles. The summed E-state index contributed by atoms with van der Waals surface area (Å²) in [7, 11) is 0. The van der Waals surface area contributed by atoms with E-state index < -0.39 is 0 Å². The van der Waals surface area contributed by atoms with Gasteiger partial charge in [-0.15, -0.1) is 0 Å². The van der Waals surface area contributed by atoms with Gasteiger partial charge in [-0.1, -0.05) is 127 Å². The highest BCUT2D eigenvalue weighted by Gasteiger charge is 2.21. The molecule has 8 aromatic rings. The van der Waals surface area contributed by atoms with Crippen LogP contribution in [0.15, 0.2) is 176 Å². The largest absolute Gasteiger partial charge is 0.310 e. The molecule has 0 N–H and O–H groups in total. The Balaban J connectivity index is 1.21. The topological polar surface area (TPSA) is 8.17 Å². The minimum atomic E-state index is -0.252. The molecule has 0 saturated heterocycles. The van der Waals surface area contributed by atoms with Gasteiger partial charge in [0, 0.05) is 33.7 Å². The normalized spacial score (nSPS) is 11.4. The van der Waals surface area contributed by atoms with Crippen molar-refractivity contribution in [3.05, 3.63) is 204 Å². The fourth-order valence-electron chi connectivity index (χ4n) is 7.00. The lowest BCUT2D eigenvalue weighted by Crippen LogP contribution is -2.12. The van der Waals surface area contributed by atoms with Gasteiger partial charge in [-0.3, -0.25) is 0 Å². The van der Waals surface area contributed by atoms with Crippen LogP contribution in [0.2, 0.25) is 0 Å². The van der Waals surface area contributed by atoms with E-state index in [0.29, 0.717) is 0 Å². The average Bonchev–Trinajstić information content (AvgIpc) is 3.51. The van der Waals surface area contributed by atoms with Crippen molar-refractivity contribution in [1.82, 2.24) is 4.57 Å². The Hall–Kier alpha value is -6.45. The predicted molar refractivity (Wildman–Crippen MR) is 214 cm³/mol. The molecule has 7 aromatic carbocycles. The first-order valence-corrected chi connectivity index (χ1v) is 17.3. The van der Waals surface area contributed by atoms with Crippen molar-refractivity contribution in [2.45, 2.75) is 13.8 Å². The van der Waals surface area contributed by atoms with Crippen molar-refractivity contribution in [2.24, 2.45) is 0 Å². The highest BCUT2D eigenvalue weighted by Crippen LogP contribution is 2.43. The first kappa shape index (κ1) is 31.8. The molecular formula is C48H37FN2. The number of halogens is 1. The maximum Gasteiger partial charge on any atom is 0.123 e. The second kappa shape index (κ2) is 13.8. The van der Waals surface area contributed by atoms with E-state index >= 15 is 0 Å². The van der Waals surface area contributed by atoms with Crippen LogP contribution in [0.3, 0.4) is 0 Å². The molecule has 0 saturated carbocycles. The van der Waals surface area contributed by atoms with Gasteiger partial charge in [0.2, 0.25) is 0 Å². The van der Waals surface area contributed by atoms with Crippen LogP contribution in [0.1, 0.15) is 22.3 Å². The molecule has 0 spiro atoms. The Morgan fingerprint density at radius 2 is 1.04 bits per heavy atom. The van der Waals surface area contributed by atoms with E-state index in [1.54, 1.807) is 0 Å². The minimum Gasteiger partial charge on any atom is -0.310 e. The van der Waals surface area contributed by atoms with Crippen molar-refractivity contribution in [3.63, 3.8) is 0 Å². The first-order valence-electron chi connectivity index (χ1n) is 17.3. The number of anilines is 3. The van der Waals surface area contributed by atoms with E-state index in [1.807, 2.05) is 24.3 Å². The fourth-order valence-corrected chi connectivity index (χ4v) is 7.00. The van der Waals surface area contributed by atoms with Crippen LogP contribution in [-0.2, 0) is 0 Å². The van der Waals surface area contributed by atoms with E-state index in [9.17, 15) is 4.39 Å². The highest BCUT2D eigenvalue weighted by atomic mass is 19.1. The second-order valence-electron chi connectivity index (χ2n) is 12.9. The second-order valence-corrected chi connectivity index (χ2v) is 12.9.